The first-order chi connectivity index (χ1) is 15.2. The van der Waals surface area contributed by atoms with Crippen molar-refractivity contribution < 1.29 is 9.47 Å². The lowest BCUT2D eigenvalue weighted by molar-refractivity contribution is 0.0903. The third-order valence-electron chi connectivity index (χ3n) is 5.96. The van der Waals surface area contributed by atoms with Crippen LogP contribution in [0, 0.1) is 0 Å². The lowest BCUT2D eigenvalue weighted by atomic mass is 10.1. The summed E-state index contributed by atoms with van der Waals surface area (Å²) in [6.45, 7) is 2.65. The standard InChI is InChI=1S/C23H25ClN4O3/c24-19-6-2-1-5-18(19)20-12-15-13-25-23(26-16-7-10-30-11-8-16)27-21(15)22(29)28(20)14-17-4-3-9-31-17/h1-2,5-6,12-13,16-17H,3-4,7-11,14H2,(H,25,26,27). The number of pyridine rings is 1. The van der Waals surface area contributed by atoms with Crippen molar-refractivity contribution >= 4 is 28.5 Å². The highest BCUT2D eigenvalue weighted by atomic mass is 35.5. The van der Waals surface area contributed by atoms with E-state index in [-0.39, 0.29) is 17.7 Å². The van der Waals surface area contributed by atoms with Gasteiger partial charge in [0.2, 0.25) is 5.95 Å². The molecule has 1 unspecified atom stereocenters. The van der Waals surface area contributed by atoms with Gasteiger partial charge in [0.15, 0.2) is 0 Å². The monoisotopic (exact) mass is 440 g/mol. The summed E-state index contributed by atoms with van der Waals surface area (Å²) in [5.41, 5.74) is 1.82. The van der Waals surface area contributed by atoms with Crippen LogP contribution in [0.4, 0.5) is 5.95 Å². The predicted molar refractivity (Wildman–Crippen MR) is 121 cm³/mol. The minimum atomic E-state index is -0.152. The predicted octanol–water partition coefficient (Wildman–Crippen LogP) is 3.88. The fourth-order valence-electron chi connectivity index (χ4n) is 4.29. The van der Waals surface area contributed by atoms with E-state index in [0.29, 0.717) is 28.4 Å². The van der Waals surface area contributed by atoms with Gasteiger partial charge in [-0.2, -0.15) is 0 Å². The summed E-state index contributed by atoms with van der Waals surface area (Å²) >= 11 is 6.49. The Morgan fingerprint density at radius 2 is 2.00 bits per heavy atom. The summed E-state index contributed by atoms with van der Waals surface area (Å²) in [6, 6.07) is 9.76. The third-order valence-corrected chi connectivity index (χ3v) is 6.29. The molecule has 1 atom stereocenters. The van der Waals surface area contributed by atoms with E-state index >= 15 is 0 Å². The van der Waals surface area contributed by atoms with Crippen LogP contribution in [-0.4, -0.2) is 46.5 Å². The highest BCUT2D eigenvalue weighted by molar-refractivity contribution is 6.33. The Morgan fingerprint density at radius 3 is 2.77 bits per heavy atom. The van der Waals surface area contributed by atoms with Crippen LogP contribution in [-0.2, 0) is 16.0 Å². The van der Waals surface area contributed by atoms with Crippen molar-refractivity contribution in [3.8, 4) is 11.3 Å². The maximum atomic E-state index is 13.6. The fraction of sp³-hybridized carbons (Fsp3) is 0.435. The summed E-state index contributed by atoms with van der Waals surface area (Å²) in [4.78, 5) is 22.6. The highest BCUT2D eigenvalue weighted by Crippen LogP contribution is 2.29. The van der Waals surface area contributed by atoms with Crippen LogP contribution in [0.1, 0.15) is 25.7 Å². The molecule has 5 rings (SSSR count). The molecule has 0 bridgehead atoms. The van der Waals surface area contributed by atoms with Crippen LogP contribution in [0.25, 0.3) is 22.2 Å². The molecule has 31 heavy (non-hydrogen) atoms. The van der Waals surface area contributed by atoms with Crippen molar-refractivity contribution in [2.24, 2.45) is 0 Å². The molecule has 4 heterocycles. The zero-order valence-corrected chi connectivity index (χ0v) is 18.0. The molecule has 1 aromatic carbocycles. The van der Waals surface area contributed by atoms with Gasteiger partial charge in [-0.05, 0) is 37.8 Å². The number of fused-ring (bicyclic) bond motifs is 1. The summed E-state index contributed by atoms with van der Waals surface area (Å²) in [5, 5.41) is 4.65. The Kier molecular flexibility index (Phi) is 5.89. The fourth-order valence-corrected chi connectivity index (χ4v) is 4.52. The Balaban J connectivity index is 1.59. The molecule has 2 saturated heterocycles. The smallest absolute Gasteiger partial charge is 0.277 e. The Labute approximate surface area is 185 Å². The molecule has 0 radical (unpaired) electrons. The van der Waals surface area contributed by atoms with Crippen molar-refractivity contribution in [3.05, 3.63) is 51.9 Å². The molecule has 3 aromatic rings. The largest absolute Gasteiger partial charge is 0.381 e. The quantitative estimate of drug-likeness (QED) is 0.648. The van der Waals surface area contributed by atoms with E-state index in [1.165, 1.54) is 0 Å². The highest BCUT2D eigenvalue weighted by Gasteiger charge is 2.22. The minimum Gasteiger partial charge on any atom is -0.381 e. The number of nitrogens with one attached hydrogen (secondary N) is 1. The number of hydrogen-bond acceptors (Lipinski definition) is 6. The van der Waals surface area contributed by atoms with E-state index in [0.717, 1.165) is 56.8 Å². The number of anilines is 1. The molecule has 8 heteroatoms. The molecular weight excluding hydrogens is 416 g/mol. The Morgan fingerprint density at radius 1 is 1.16 bits per heavy atom. The molecule has 0 saturated carbocycles. The average molecular weight is 441 g/mol. The molecule has 0 spiro atoms. The van der Waals surface area contributed by atoms with Crippen LogP contribution < -0.4 is 10.9 Å². The second kappa shape index (κ2) is 8.94. The molecule has 0 aliphatic carbocycles. The minimum absolute atomic E-state index is 0.0121. The van der Waals surface area contributed by atoms with Gasteiger partial charge >= 0.3 is 0 Å². The zero-order chi connectivity index (χ0) is 21.2. The SMILES string of the molecule is O=c1c2nc(NC3CCOCC3)ncc2cc(-c2ccccc2Cl)n1CC1CCCO1. The number of ether oxygens (including phenoxy) is 2. The first-order valence-corrected chi connectivity index (χ1v) is 11.2. The van der Waals surface area contributed by atoms with E-state index in [4.69, 9.17) is 21.1 Å². The second-order valence-corrected chi connectivity index (χ2v) is 8.50. The van der Waals surface area contributed by atoms with Gasteiger partial charge < -0.3 is 19.4 Å². The molecule has 2 aromatic heterocycles. The third kappa shape index (κ3) is 4.31. The van der Waals surface area contributed by atoms with E-state index in [1.54, 1.807) is 10.8 Å². The summed E-state index contributed by atoms with van der Waals surface area (Å²) in [7, 11) is 0. The topological polar surface area (TPSA) is 78.3 Å². The number of benzene rings is 1. The van der Waals surface area contributed by atoms with E-state index in [2.05, 4.69) is 15.3 Å². The second-order valence-electron chi connectivity index (χ2n) is 8.09. The molecule has 162 valence electrons. The van der Waals surface area contributed by atoms with Gasteiger partial charge in [-0.1, -0.05) is 29.8 Å². The average Bonchev–Trinajstić information content (AvgIpc) is 3.30. The summed E-state index contributed by atoms with van der Waals surface area (Å²) in [5.74, 6) is 0.477. The van der Waals surface area contributed by atoms with E-state index in [1.807, 2.05) is 30.3 Å². The number of halogens is 1. The number of aromatic nitrogens is 3. The van der Waals surface area contributed by atoms with Crippen molar-refractivity contribution in [1.29, 1.82) is 0 Å². The molecule has 2 aliphatic heterocycles. The van der Waals surface area contributed by atoms with Gasteiger partial charge in [-0.25, -0.2) is 9.97 Å². The molecule has 0 amide bonds. The summed E-state index contributed by atoms with van der Waals surface area (Å²) in [6.07, 6.45) is 5.47. The van der Waals surface area contributed by atoms with Crippen molar-refractivity contribution in [2.45, 2.75) is 44.4 Å². The number of hydrogen-bond donors (Lipinski definition) is 1. The molecule has 2 fully saturated rings. The van der Waals surface area contributed by atoms with Crippen molar-refractivity contribution in [1.82, 2.24) is 14.5 Å². The Bertz CT molecular complexity index is 1140. The van der Waals surface area contributed by atoms with E-state index in [9.17, 15) is 4.79 Å². The van der Waals surface area contributed by atoms with E-state index < -0.39 is 0 Å². The van der Waals surface area contributed by atoms with Gasteiger partial charge in [-0.15, -0.1) is 0 Å². The lowest BCUT2D eigenvalue weighted by Gasteiger charge is -2.23. The van der Waals surface area contributed by atoms with Gasteiger partial charge in [0.25, 0.3) is 5.56 Å². The molecular formula is C23H25ClN4O3. The van der Waals surface area contributed by atoms with Crippen molar-refractivity contribution in [3.63, 3.8) is 0 Å². The van der Waals surface area contributed by atoms with Crippen LogP contribution in [0.2, 0.25) is 5.02 Å². The van der Waals surface area contributed by atoms with Gasteiger partial charge in [0, 0.05) is 48.0 Å². The van der Waals surface area contributed by atoms with Gasteiger partial charge in [-0.3, -0.25) is 4.79 Å². The summed E-state index contributed by atoms with van der Waals surface area (Å²) < 4.78 is 13.0. The number of nitrogens with zero attached hydrogens (tertiary/aromatic N) is 3. The Hall–Kier alpha value is -2.48. The van der Waals surface area contributed by atoms with Gasteiger partial charge in [0.1, 0.15) is 5.52 Å². The molecule has 2 aliphatic rings. The molecule has 7 nitrogen and oxygen atoms in total. The first-order valence-electron chi connectivity index (χ1n) is 10.8. The van der Waals surface area contributed by atoms with Crippen LogP contribution in [0.5, 0.6) is 0 Å². The maximum absolute atomic E-state index is 13.6. The number of rotatable bonds is 5. The van der Waals surface area contributed by atoms with Gasteiger partial charge in [0.05, 0.1) is 18.3 Å². The molecule has 1 N–H and O–H groups in total. The normalized spacial score (nSPS) is 19.7. The lowest BCUT2D eigenvalue weighted by Crippen LogP contribution is -2.30. The maximum Gasteiger partial charge on any atom is 0.277 e. The zero-order valence-electron chi connectivity index (χ0n) is 17.2. The van der Waals surface area contributed by atoms with Crippen molar-refractivity contribution in [2.75, 3.05) is 25.1 Å². The van der Waals surface area contributed by atoms with Crippen LogP contribution >= 0.6 is 11.6 Å². The first kappa shape index (κ1) is 20.4. The van der Waals surface area contributed by atoms with Crippen LogP contribution in [0.3, 0.4) is 0 Å². The van der Waals surface area contributed by atoms with Crippen LogP contribution in [0.15, 0.2) is 41.3 Å².